The van der Waals surface area contributed by atoms with E-state index in [4.69, 9.17) is 23.8 Å². The van der Waals surface area contributed by atoms with Crippen molar-refractivity contribution in [3.63, 3.8) is 0 Å². The third kappa shape index (κ3) is 2.32. The summed E-state index contributed by atoms with van der Waals surface area (Å²) in [7, 11) is 0. The first-order valence-corrected chi connectivity index (χ1v) is 5.31. The average molecular weight is 271 g/mol. The van der Waals surface area contributed by atoms with Crippen molar-refractivity contribution in [2.45, 2.75) is 0 Å². The Morgan fingerprint density at radius 1 is 1.29 bits per heavy atom. The van der Waals surface area contributed by atoms with Crippen LogP contribution in [0.25, 0.3) is 6.08 Å². The Labute approximate surface area is 107 Å². The van der Waals surface area contributed by atoms with E-state index in [0.717, 1.165) is 0 Å². The standard InChI is InChI=1S/C10H7ClN2O3S/c11-5-1-4(3-7(14)8(5)15)2-6-9(16)13-10(17)12-6/h1-3,14-15H,(H2,12,13,16,17). The molecule has 88 valence electrons. The molecule has 0 aromatic heterocycles. The number of phenols is 2. The maximum atomic E-state index is 11.4. The molecular formula is C10H7ClN2O3S. The smallest absolute Gasteiger partial charge is 0.273 e. The van der Waals surface area contributed by atoms with Crippen LogP contribution in [0.5, 0.6) is 11.5 Å². The SMILES string of the molecule is O=C1NC(=S)NC1=Cc1cc(O)c(O)c(Cl)c1. The van der Waals surface area contributed by atoms with E-state index in [1.165, 1.54) is 18.2 Å². The van der Waals surface area contributed by atoms with Crippen LogP contribution in [-0.4, -0.2) is 21.2 Å². The molecule has 1 amide bonds. The predicted molar refractivity (Wildman–Crippen MR) is 66.6 cm³/mol. The maximum Gasteiger partial charge on any atom is 0.273 e. The summed E-state index contributed by atoms with van der Waals surface area (Å²) in [4.78, 5) is 11.4. The molecule has 1 aromatic rings. The summed E-state index contributed by atoms with van der Waals surface area (Å²) in [5.41, 5.74) is 0.712. The van der Waals surface area contributed by atoms with Gasteiger partial charge in [0.05, 0.1) is 5.02 Å². The molecule has 1 heterocycles. The van der Waals surface area contributed by atoms with Gasteiger partial charge in [0.25, 0.3) is 5.91 Å². The molecule has 7 heteroatoms. The summed E-state index contributed by atoms with van der Waals surface area (Å²) in [6, 6.07) is 2.70. The molecule has 5 nitrogen and oxygen atoms in total. The van der Waals surface area contributed by atoms with Crippen molar-refractivity contribution < 1.29 is 15.0 Å². The zero-order valence-electron chi connectivity index (χ0n) is 8.32. The number of aromatic hydroxyl groups is 2. The van der Waals surface area contributed by atoms with Crippen molar-refractivity contribution >= 4 is 40.9 Å². The molecule has 1 aromatic carbocycles. The van der Waals surface area contributed by atoms with E-state index >= 15 is 0 Å². The fourth-order valence-corrected chi connectivity index (χ4v) is 1.76. The minimum atomic E-state index is -0.395. The van der Waals surface area contributed by atoms with E-state index < -0.39 is 5.75 Å². The number of phenolic OH excluding ortho intramolecular Hbond substituents is 2. The van der Waals surface area contributed by atoms with Gasteiger partial charge in [-0.1, -0.05) is 11.6 Å². The molecule has 1 aliphatic rings. The van der Waals surface area contributed by atoms with Gasteiger partial charge < -0.3 is 15.5 Å². The molecule has 0 spiro atoms. The lowest BCUT2D eigenvalue weighted by Gasteiger charge is -2.02. The highest BCUT2D eigenvalue weighted by molar-refractivity contribution is 7.80. The number of carbonyl (C=O) groups excluding carboxylic acids is 1. The molecule has 17 heavy (non-hydrogen) atoms. The highest BCUT2D eigenvalue weighted by Crippen LogP contribution is 2.34. The monoisotopic (exact) mass is 270 g/mol. The average Bonchev–Trinajstić information content (AvgIpc) is 2.54. The van der Waals surface area contributed by atoms with Crippen LogP contribution in [0.3, 0.4) is 0 Å². The first-order valence-electron chi connectivity index (χ1n) is 4.53. The van der Waals surface area contributed by atoms with Crippen molar-refractivity contribution in [3.05, 3.63) is 28.4 Å². The van der Waals surface area contributed by atoms with E-state index in [1.54, 1.807) is 0 Å². The van der Waals surface area contributed by atoms with Gasteiger partial charge in [0.1, 0.15) is 5.70 Å². The molecule has 1 saturated heterocycles. The van der Waals surface area contributed by atoms with Crippen molar-refractivity contribution in [2.75, 3.05) is 0 Å². The largest absolute Gasteiger partial charge is 0.504 e. The quantitative estimate of drug-likeness (QED) is 0.349. The Hall–Kier alpha value is -1.79. The number of thiocarbonyl (C=S) groups is 1. The summed E-state index contributed by atoms with van der Waals surface area (Å²) in [6.45, 7) is 0. The Bertz CT molecular complexity index is 533. The van der Waals surface area contributed by atoms with Crippen LogP contribution < -0.4 is 10.6 Å². The number of amides is 1. The van der Waals surface area contributed by atoms with Gasteiger partial charge in [-0.15, -0.1) is 0 Å². The van der Waals surface area contributed by atoms with Gasteiger partial charge in [0.15, 0.2) is 16.6 Å². The summed E-state index contributed by atoms with van der Waals surface area (Å²) in [5.74, 6) is -1.11. The number of benzene rings is 1. The molecule has 2 rings (SSSR count). The highest BCUT2D eigenvalue weighted by Gasteiger charge is 2.20. The molecule has 1 fully saturated rings. The van der Waals surface area contributed by atoms with Gasteiger partial charge >= 0.3 is 0 Å². The predicted octanol–water partition coefficient (Wildman–Crippen LogP) is 1.10. The number of hydrogen-bond acceptors (Lipinski definition) is 4. The van der Waals surface area contributed by atoms with Gasteiger partial charge in [0.2, 0.25) is 0 Å². The summed E-state index contributed by atoms with van der Waals surface area (Å²) >= 11 is 10.4. The molecule has 0 bridgehead atoms. The van der Waals surface area contributed by atoms with Gasteiger partial charge in [-0.2, -0.15) is 0 Å². The van der Waals surface area contributed by atoms with Crippen molar-refractivity contribution in [3.8, 4) is 11.5 Å². The highest BCUT2D eigenvalue weighted by atomic mass is 35.5. The lowest BCUT2D eigenvalue weighted by molar-refractivity contribution is -0.115. The van der Waals surface area contributed by atoms with Crippen LogP contribution in [0, 0.1) is 0 Å². The van der Waals surface area contributed by atoms with E-state index in [-0.39, 0.29) is 27.5 Å². The number of rotatable bonds is 1. The molecule has 0 unspecified atom stereocenters. The van der Waals surface area contributed by atoms with Crippen LogP contribution in [0.1, 0.15) is 5.56 Å². The Morgan fingerprint density at radius 2 is 2.00 bits per heavy atom. The summed E-state index contributed by atoms with van der Waals surface area (Å²) in [6.07, 6.45) is 1.46. The third-order valence-electron chi connectivity index (χ3n) is 2.10. The number of halogens is 1. The van der Waals surface area contributed by atoms with Gasteiger partial charge in [0, 0.05) is 0 Å². The summed E-state index contributed by atoms with van der Waals surface area (Å²) in [5, 5.41) is 23.9. The van der Waals surface area contributed by atoms with Crippen LogP contribution in [0.4, 0.5) is 0 Å². The van der Waals surface area contributed by atoms with Crippen LogP contribution in [-0.2, 0) is 4.79 Å². The molecule has 0 aliphatic carbocycles. The maximum absolute atomic E-state index is 11.4. The Kier molecular flexibility index (Phi) is 2.91. The molecule has 0 saturated carbocycles. The minimum absolute atomic E-state index is 0.00201. The Morgan fingerprint density at radius 3 is 2.53 bits per heavy atom. The lowest BCUT2D eigenvalue weighted by Crippen LogP contribution is -2.21. The number of hydrogen-bond donors (Lipinski definition) is 4. The van der Waals surface area contributed by atoms with Gasteiger partial charge in [-0.05, 0) is 36.0 Å². The van der Waals surface area contributed by atoms with Crippen LogP contribution in [0.2, 0.25) is 5.02 Å². The van der Waals surface area contributed by atoms with E-state index in [9.17, 15) is 15.0 Å². The van der Waals surface area contributed by atoms with Crippen molar-refractivity contribution in [1.82, 2.24) is 10.6 Å². The van der Waals surface area contributed by atoms with E-state index in [2.05, 4.69) is 10.6 Å². The number of nitrogens with one attached hydrogen (secondary N) is 2. The second-order valence-corrected chi connectivity index (χ2v) is 4.15. The zero-order chi connectivity index (χ0) is 12.6. The molecule has 1 aliphatic heterocycles. The fourth-order valence-electron chi connectivity index (χ4n) is 1.34. The summed E-state index contributed by atoms with van der Waals surface area (Å²) < 4.78 is 0. The lowest BCUT2D eigenvalue weighted by atomic mass is 10.1. The molecule has 0 atom stereocenters. The van der Waals surface area contributed by atoms with Gasteiger partial charge in [-0.25, -0.2) is 0 Å². The van der Waals surface area contributed by atoms with Crippen LogP contribution in [0.15, 0.2) is 17.8 Å². The van der Waals surface area contributed by atoms with E-state index in [0.29, 0.717) is 5.56 Å². The molecular weight excluding hydrogens is 264 g/mol. The van der Waals surface area contributed by atoms with E-state index in [1.807, 2.05) is 0 Å². The first kappa shape index (κ1) is 11.7. The van der Waals surface area contributed by atoms with Crippen LogP contribution >= 0.6 is 23.8 Å². The van der Waals surface area contributed by atoms with Gasteiger partial charge in [-0.3, -0.25) is 10.1 Å². The topological polar surface area (TPSA) is 81.6 Å². The van der Waals surface area contributed by atoms with Crippen molar-refractivity contribution in [2.24, 2.45) is 0 Å². The Balaban J connectivity index is 2.40. The molecule has 0 radical (unpaired) electrons. The fraction of sp³-hybridized carbons (Fsp3) is 0. The zero-order valence-corrected chi connectivity index (χ0v) is 9.89. The second kappa shape index (κ2) is 4.23. The molecule has 4 N–H and O–H groups in total. The first-order chi connectivity index (χ1) is 7.97. The second-order valence-electron chi connectivity index (χ2n) is 3.34. The normalized spacial score (nSPS) is 17.1. The van der Waals surface area contributed by atoms with Crippen molar-refractivity contribution in [1.29, 1.82) is 0 Å². The minimum Gasteiger partial charge on any atom is -0.504 e. The number of carbonyl (C=O) groups is 1. The third-order valence-corrected chi connectivity index (χ3v) is 2.59.